The Hall–Kier alpha value is -0.930. The van der Waals surface area contributed by atoms with Gasteiger partial charge in [-0.1, -0.05) is 6.92 Å². The fourth-order valence-corrected chi connectivity index (χ4v) is 1.73. The number of nitrogens with zero attached hydrogens (tertiary/aromatic N) is 1. The van der Waals surface area contributed by atoms with Gasteiger partial charge in [-0.2, -0.15) is 0 Å². The standard InChI is InChI=1S/C14H25N3/c1-2-8-15-10-4-11-16-9-3-5-14-6-12-17-13-7-14/h6-7,12-13,15-16H,2-5,8-11H2,1H3. The third-order valence-electron chi connectivity index (χ3n) is 2.70. The summed E-state index contributed by atoms with van der Waals surface area (Å²) in [7, 11) is 0. The van der Waals surface area contributed by atoms with E-state index in [1.807, 2.05) is 12.4 Å². The summed E-state index contributed by atoms with van der Waals surface area (Å²) < 4.78 is 0. The maximum atomic E-state index is 4.02. The van der Waals surface area contributed by atoms with E-state index < -0.39 is 0 Å². The van der Waals surface area contributed by atoms with Gasteiger partial charge in [0.05, 0.1) is 0 Å². The van der Waals surface area contributed by atoms with Crippen molar-refractivity contribution in [2.75, 3.05) is 26.2 Å². The number of nitrogens with one attached hydrogen (secondary N) is 2. The summed E-state index contributed by atoms with van der Waals surface area (Å²) in [5.74, 6) is 0. The van der Waals surface area contributed by atoms with Crippen molar-refractivity contribution in [1.82, 2.24) is 15.6 Å². The molecule has 0 saturated carbocycles. The second-order valence-electron chi connectivity index (χ2n) is 4.31. The highest BCUT2D eigenvalue weighted by atomic mass is 14.9. The minimum absolute atomic E-state index is 1.11. The molecule has 0 fully saturated rings. The molecular formula is C14H25N3. The van der Waals surface area contributed by atoms with Gasteiger partial charge in [-0.15, -0.1) is 0 Å². The number of pyridine rings is 1. The first-order chi connectivity index (χ1) is 8.43. The van der Waals surface area contributed by atoms with Crippen molar-refractivity contribution in [2.45, 2.75) is 32.6 Å². The topological polar surface area (TPSA) is 37.0 Å². The molecule has 0 atom stereocenters. The quantitative estimate of drug-likeness (QED) is 0.609. The average Bonchev–Trinajstić information content (AvgIpc) is 2.38. The van der Waals surface area contributed by atoms with E-state index in [-0.39, 0.29) is 0 Å². The highest BCUT2D eigenvalue weighted by Crippen LogP contribution is 1.99. The van der Waals surface area contributed by atoms with E-state index in [1.165, 1.54) is 24.8 Å². The molecule has 0 aliphatic carbocycles. The first-order valence-corrected chi connectivity index (χ1v) is 6.74. The lowest BCUT2D eigenvalue weighted by Crippen LogP contribution is -2.23. The number of aromatic nitrogens is 1. The molecule has 0 saturated heterocycles. The van der Waals surface area contributed by atoms with Gasteiger partial charge in [-0.25, -0.2) is 0 Å². The number of hydrogen-bond donors (Lipinski definition) is 2. The van der Waals surface area contributed by atoms with Gasteiger partial charge in [-0.05, 0) is 69.6 Å². The van der Waals surface area contributed by atoms with E-state index in [2.05, 4.69) is 34.7 Å². The summed E-state index contributed by atoms with van der Waals surface area (Å²) in [6.07, 6.45) is 8.51. The molecule has 0 bridgehead atoms. The summed E-state index contributed by atoms with van der Waals surface area (Å²) >= 11 is 0. The molecule has 1 aromatic heterocycles. The van der Waals surface area contributed by atoms with Gasteiger partial charge >= 0.3 is 0 Å². The van der Waals surface area contributed by atoms with Crippen LogP contribution in [0.25, 0.3) is 0 Å². The molecule has 0 spiro atoms. The monoisotopic (exact) mass is 235 g/mol. The Morgan fingerprint density at radius 2 is 1.59 bits per heavy atom. The van der Waals surface area contributed by atoms with Crippen molar-refractivity contribution in [3.63, 3.8) is 0 Å². The Kier molecular flexibility index (Phi) is 8.51. The number of aryl methyl sites for hydroxylation is 1. The first-order valence-electron chi connectivity index (χ1n) is 6.74. The summed E-state index contributed by atoms with van der Waals surface area (Å²) in [4.78, 5) is 4.02. The fraction of sp³-hybridized carbons (Fsp3) is 0.643. The van der Waals surface area contributed by atoms with E-state index in [4.69, 9.17) is 0 Å². The van der Waals surface area contributed by atoms with Crippen molar-refractivity contribution in [2.24, 2.45) is 0 Å². The van der Waals surface area contributed by atoms with E-state index in [1.54, 1.807) is 0 Å². The largest absolute Gasteiger partial charge is 0.317 e. The number of hydrogen-bond acceptors (Lipinski definition) is 3. The van der Waals surface area contributed by atoms with Gasteiger partial charge < -0.3 is 10.6 Å². The molecule has 17 heavy (non-hydrogen) atoms. The van der Waals surface area contributed by atoms with Gasteiger partial charge in [-0.3, -0.25) is 4.98 Å². The summed E-state index contributed by atoms with van der Waals surface area (Å²) in [5.41, 5.74) is 1.38. The Bertz CT molecular complexity index is 261. The van der Waals surface area contributed by atoms with E-state index in [9.17, 15) is 0 Å². The van der Waals surface area contributed by atoms with Crippen molar-refractivity contribution in [1.29, 1.82) is 0 Å². The third-order valence-corrected chi connectivity index (χ3v) is 2.70. The Labute approximate surface area is 105 Å². The zero-order valence-electron chi connectivity index (χ0n) is 10.9. The fourth-order valence-electron chi connectivity index (χ4n) is 1.73. The smallest absolute Gasteiger partial charge is 0.0270 e. The van der Waals surface area contributed by atoms with Crippen LogP contribution in [0.2, 0.25) is 0 Å². The molecular weight excluding hydrogens is 210 g/mol. The first kappa shape index (κ1) is 14.1. The molecule has 2 N–H and O–H groups in total. The van der Waals surface area contributed by atoms with Crippen LogP contribution in [-0.4, -0.2) is 31.2 Å². The van der Waals surface area contributed by atoms with Crippen molar-refractivity contribution in [3.05, 3.63) is 30.1 Å². The highest BCUT2D eigenvalue weighted by Gasteiger charge is 1.92. The van der Waals surface area contributed by atoms with Crippen LogP contribution >= 0.6 is 0 Å². The Balaban J connectivity index is 1.85. The van der Waals surface area contributed by atoms with Crippen LogP contribution in [0.15, 0.2) is 24.5 Å². The zero-order valence-corrected chi connectivity index (χ0v) is 10.9. The van der Waals surface area contributed by atoms with Crippen molar-refractivity contribution < 1.29 is 0 Å². The van der Waals surface area contributed by atoms with Gasteiger partial charge in [0.1, 0.15) is 0 Å². The van der Waals surface area contributed by atoms with Crippen LogP contribution in [-0.2, 0) is 6.42 Å². The Morgan fingerprint density at radius 3 is 2.29 bits per heavy atom. The van der Waals surface area contributed by atoms with Crippen LogP contribution in [0.4, 0.5) is 0 Å². The van der Waals surface area contributed by atoms with Crippen LogP contribution in [0.1, 0.15) is 31.7 Å². The lowest BCUT2D eigenvalue weighted by Gasteiger charge is -2.05. The predicted molar refractivity (Wildman–Crippen MR) is 73.2 cm³/mol. The number of rotatable bonds is 10. The molecule has 0 aliphatic rings. The second-order valence-corrected chi connectivity index (χ2v) is 4.31. The lowest BCUT2D eigenvalue weighted by molar-refractivity contribution is 0.582. The minimum Gasteiger partial charge on any atom is -0.317 e. The van der Waals surface area contributed by atoms with E-state index in [0.717, 1.165) is 32.6 Å². The molecule has 0 radical (unpaired) electrons. The van der Waals surface area contributed by atoms with Gasteiger partial charge in [0.25, 0.3) is 0 Å². The molecule has 3 nitrogen and oxygen atoms in total. The second kappa shape index (κ2) is 10.2. The van der Waals surface area contributed by atoms with E-state index in [0.29, 0.717) is 0 Å². The molecule has 0 aromatic carbocycles. The average molecular weight is 235 g/mol. The maximum absolute atomic E-state index is 4.02. The van der Waals surface area contributed by atoms with Crippen molar-refractivity contribution in [3.8, 4) is 0 Å². The molecule has 1 aromatic rings. The molecule has 3 heteroatoms. The van der Waals surface area contributed by atoms with Crippen LogP contribution in [0.3, 0.4) is 0 Å². The SMILES string of the molecule is CCCNCCCNCCCc1ccncc1. The molecule has 0 unspecified atom stereocenters. The lowest BCUT2D eigenvalue weighted by atomic mass is 10.1. The third kappa shape index (κ3) is 7.88. The van der Waals surface area contributed by atoms with Gasteiger partial charge in [0.2, 0.25) is 0 Å². The summed E-state index contributed by atoms with van der Waals surface area (Å²) in [6, 6.07) is 4.18. The molecule has 0 aliphatic heterocycles. The van der Waals surface area contributed by atoms with Crippen LogP contribution in [0.5, 0.6) is 0 Å². The molecule has 0 amide bonds. The van der Waals surface area contributed by atoms with Gasteiger partial charge in [0, 0.05) is 12.4 Å². The minimum atomic E-state index is 1.11. The van der Waals surface area contributed by atoms with Gasteiger partial charge in [0.15, 0.2) is 0 Å². The molecule has 96 valence electrons. The Morgan fingerprint density at radius 1 is 0.941 bits per heavy atom. The summed E-state index contributed by atoms with van der Waals surface area (Å²) in [5, 5.41) is 6.88. The normalized spacial score (nSPS) is 10.6. The molecule has 1 heterocycles. The van der Waals surface area contributed by atoms with Crippen molar-refractivity contribution >= 4 is 0 Å². The van der Waals surface area contributed by atoms with Crippen LogP contribution in [0, 0.1) is 0 Å². The van der Waals surface area contributed by atoms with E-state index >= 15 is 0 Å². The maximum Gasteiger partial charge on any atom is 0.0270 e. The predicted octanol–water partition coefficient (Wildman–Crippen LogP) is 1.99. The highest BCUT2D eigenvalue weighted by molar-refractivity contribution is 5.09. The molecule has 1 rings (SSSR count). The zero-order chi connectivity index (χ0) is 12.2. The summed E-state index contributed by atoms with van der Waals surface area (Å²) in [6.45, 7) is 6.70. The van der Waals surface area contributed by atoms with Crippen LogP contribution < -0.4 is 10.6 Å².